The number of hydrogen-bond donors (Lipinski definition) is 1. The molecule has 0 aromatic rings. The van der Waals surface area contributed by atoms with Crippen molar-refractivity contribution >= 4 is 18.6 Å². The van der Waals surface area contributed by atoms with Gasteiger partial charge in [0.15, 0.2) is 0 Å². The SMILES string of the molecule is CCOC(=O)C=C(S)C(C)C. The summed E-state index contributed by atoms with van der Waals surface area (Å²) in [6.45, 7) is 6.13. The number of ether oxygens (including phenoxy) is 1. The van der Waals surface area contributed by atoms with Crippen LogP contribution in [0.15, 0.2) is 11.0 Å². The van der Waals surface area contributed by atoms with Crippen molar-refractivity contribution in [2.45, 2.75) is 20.8 Å². The lowest BCUT2D eigenvalue weighted by Crippen LogP contribution is -2.01. The van der Waals surface area contributed by atoms with E-state index < -0.39 is 0 Å². The van der Waals surface area contributed by atoms with Gasteiger partial charge in [-0.1, -0.05) is 13.8 Å². The minimum absolute atomic E-state index is 0.280. The molecule has 0 aliphatic heterocycles. The van der Waals surface area contributed by atoms with Gasteiger partial charge < -0.3 is 4.74 Å². The summed E-state index contributed by atoms with van der Waals surface area (Å²) in [5.41, 5.74) is 0. The predicted molar refractivity (Wildman–Crippen MR) is 48.5 cm³/mol. The maximum Gasteiger partial charge on any atom is 0.331 e. The first-order chi connectivity index (χ1) is 5.07. The fourth-order valence-electron chi connectivity index (χ4n) is 0.471. The van der Waals surface area contributed by atoms with E-state index in [2.05, 4.69) is 12.6 Å². The van der Waals surface area contributed by atoms with Gasteiger partial charge in [-0.15, -0.1) is 12.6 Å². The molecule has 0 radical (unpaired) electrons. The lowest BCUT2D eigenvalue weighted by atomic mass is 10.2. The zero-order chi connectivity index (χ0) is 8.85. The van der Waals surface area contributed by atoms with Crippen LogP contribution in [-0.2, 0) is 9.53 Å². The molecular formula is C8H14O2S. The van der Waals surface area contributed by atoms with Crippen molar-refractivity contribution in [1.82, 2.24) is 0 Å². The van der Waals surface area contributed by atoms with Crippen LogP contribution in [0.4, 0.5) is 0 Å². The van der Waals surface area contributed by atoms with Gasteiger partial charge in [0.2, 0.25) is 0 Å². The Morgan fingerprint density at radius 3 is 2.55 bits per heavy atom. The smallest absolute Gasteiger partial charge is 0.331 e. The summed E-state index contributed by atoms with van der Waals surface area (Å²) in [6, 6.07) is 0. The first-order valence-electron chi connectivity index (χ1n) is 3.65. The number of rotatable bonds is 3. The minimum Gasteiger partial charge on any atom is -0.463 e. The second-order valence-electron chi connectivity index (χ2n) is 2.48. The first kappa shape index (κ1) is 10.6. The molecule has 11 heavy (non-hydrogen) atoms. The third-order valence-corrected chi connectivity index (χ3v) is 1.79. The van der Waals surface area contributed by atoms with Gasteiger partial charge in [0, 0.05) is 6.08 Å². The van der Waals surface area contributed by atoms with Gasteiger partial charge in [-0.25, -0.2) is 4.79 Å². The number of thiol groups is 1. The molecule has 3 heteroatoms. The third kappa shape index (κ3) is 4.90. The van der Waals surface area contributed by atoms with Crippen molar-refractivity contribution in [2.75, 3.05) is 6.61 Å². The molecule has 0 aliphatic carbocycles. The Hall–Kier alpha value is -0.440. The molecule has 0 fully saturated rings. The average Bonchev–Trinajstić information content (AvgIpc) is 1.87. The van der Waals surface area contributed by atoms with E-state index in [1.54, 1.807) is 6.92 Å². The molecular weight excluding hydrogens is 160 g/mol. The van der Waals surface area contributed by atoms with Gasteiger partial charge in [-0.3, -0.25) is 0 Å². The minimum atomic E-state index is -0.314. The molecule has 0 heterocycles. The Morgan fingerprint density at radius 2 is 2.18 bits per heavy atom. The second kappa shape index (κ2) is 5.24. The molecule has 0 spiro atoms. The zero-order valence-corrected chi connectivity index (χ0v) is 8.02. The van der Waals surface area contributed by atoms with Crippen LogP contribution < -0.4 is 0 Å². The molecule has 0 aromatic carbocycles. The monoisotopic (exact) mass is 174 g/mol. The fourth-order valence-corrected chi connectivity index (χ4v) is 0.577. The summed E-state index contributed by atoms with van der Waals surface area (Å²) in [4.78, 5) is 11.6. The van der Waals surface area contributed by atoms with Crippen LogP contribution in [0.25, 0.3) is 0 Å². The molecule has 0 N–H and O–H groups in total. The van der Waals surface area contributed by atoms with Crippen LogP contribution in [0.2, 0.25) is 0 Å². The molecule has 0 saturated heterocycles. The van der Waals surface area contributed by atoms with Gasteiger partial charge in [0.25, 0.3) is 0 Å². The summed E-state index contributed by atoms with van der Waals surface area (Å²) >= 11 is 4.12. The number of hydrogen-bond acceptors (Lipinski definition) is 3. The van der Waals surface area contributed by atoms with Crippen LogP contribution in [0.1, 0.15) is 20.8 Å². The maximum absolute atomic E-state index is 10.8. The van der Waals surface area contributed by atoms with Crippen LogP contribution in [0.5, 0.6) is 0 Å². The van der Waals surface area contributed by atoms with E-state index in [9.17, 15) is 4.79 Å². The molecule has 0 unspecified atom stereocenters. The molecule has 2 nitrogen and oxygen atoms in total. The van der Waals surface area contributed by atoms with Gasteiger partial charge in [-0.05, 0) is 17.7 Å². The van der Waals surface area contributed by atoms with Crippen molar-refractivity contribution in [3.8, 4) is 0 Å². The van der Waals surface area contributed by atoms with Crippen molar-refractivity contribution in [3.05, 3.63) is 11.0 Å². The van der Waals surface area contributed by atoms with Crippen LogP contribution in [0, 0.1) is 5.92 Å². The van der Waals surface area contributed by atoms with E-state index >= 15 is 0 Å². The number of esters is 1. The van der Waals surface area contributed by atoms with Gasteiger partial charge in [0.05, 0.1) is 6.61 Å². The Balaban J connectivity index is 3.97. The lowest BCUT2D eigenvalue weighted by molar-refractivity contribution is -0.137. The summed E-state index contributed by atoms with van der Waals surface area (Å²) in [5, 5.41) is 0. The quantitative estimate of drug-likeness (QED) is 0.402. The van der Waals surface area contributed by atoms with E-state index in [4.69, 9.17) is 4.74 Å². The highest BCUT2D eigenvalue weighted by molar-refractivity contribution is 7.84. The molecule has 0 aromatic heterocycles. The van der Waals surface area contributed by atoms with Crippen molar-refractivity contribution < 1.29 is 9.53 Å². The number of carbonyl (C=O) groups is 1. The molecule has 0 aliphatic rings. The number of carbonyl (C=O) groups excluding carboxylic acids is 1. The van der Waals surface area contributed by atoms with Crippen LogP contribution in [0.3, 0.4) is 0 Å². The van der Waals surface area contributed by atoms with E-state index in [0.717, 1.165) is 4.91 Å². The average molecular weight is 174 g/mol. The molecule has 64 valence electrons. The lowest BCUT2D eigenvalue weighted by Gasteiger charge is -2.02. The van der Waals surface area contributed by atoms with Gasteiger partial charge >= 0.3 is 5.97 Å². The Morgan fingerprint density at radius 1 is 1.64 bits per heavy atom. The standard InChI is InChI=1S/C8H14O2S/c1-4-10-8(9)5-7(11)6(2)3/h5-6,11H,4H2,1-3H3. The summed E-state index contributed by atoms with van der Waals surface area (Å²) in [7, 11) is 0. The Kier molecular flexibility index (Phi) is 5.03. The third-order valence-electron chi connectivity index (χ3n) is 1.14. The highest BCUT2D eigenvalue weighted by atomic mass is 32.1. The van der Waals surface area contributed by atoms with Crippen LogP contribution in [-0.4, -0.2) is 12.6 Å². The second-order valence-corrected chi connectivity index (χ2v) is 2.99. The van der Waals surface area contributed by atoms with Crippen LogP contribution >= 0.6 is 12.6 Å². The van der Waals surface area contributed by atoms with Gasteiger partial charge in [0.1, 0.15) is 0 Å². The fraction of sp³-hybridized carbons (Fsp3) is 0.625. The topological polar surface area (TPSA) is 26.3 Å². The number of allylic oxidation sites excluding steroid dienone is 1. The van der Waals surface area contributed by atoms with Crippen molar-refractivity contribution in [3.63, 3.8) is 0 Å². The Bertz CT molecular complexity index is 161. The summed E-state index contributed by atoms with van der Waals surface area (Å²) in [6.07, 6.45) is 1.41. The normalized spacial score (nSPS) is 11.9. The maximum atomic E-state index is 10.8. The van der Waals surface area contributed by atoms with E-state index in [0.29, 0.717) is 6.61 Å². The Labute approximate surface area is 73.0 Å². The zero-order valence-electron chi connectivity index (χ0n) is 7.13. The first-order valence-corrected chi connectivity index (χ1v) is 4.10. The van der Waals surface area contributed by atoms with E-state index in [-0.39, 0.29) is 11.9 Å². The largest absolute Gasteiger partial charge is 0.463 e. The predicted octanol–water partition coefficient (Wildman–Crippen LogP) is 2.02. The van der Waals surface area contributed by atoms with Crippen molar-refractivity contribution in [2.24, 2.45) is 5.92 Å². The summed E-state index contributed by atoms with van der Waals surface area (Å²) in [5.74, 6) is -0.0334. The molecule has 0 saturated carbocycles. The highest BCUT2D eigenvalue weighted by Crippen LogP contribution is 2.12. The highest BCUT2D eigenvalue weighted by Gasteiger charge is 2.01. The van der Waals surface area contributed by atoms with Crippen molar-refractivity contribution in [1.29, 1.82) is 0 Å². The van der Waals surface area contributed by atoms with E-state index in [1.165, 1.54) is 6.08 Å². The summed E-state index contributed by atoms with van der Waals surface area (Å²) < 4.78 is 4.70. The van der Waals surface area contributed by atoms with E-state index in [1.807, 2.05) is 13.8 Å². The molecule has 0 rings (SSSR count). The van der Waals surface area contributed by atoms with Gasteiger partial charge in [-0.2, -0.15) is 0 Å². The molecule has 0 atom stereocenters. The molecule has 0 amide bonds. The molecule has 0 bridgehead atoms.